The van der Waals surface area contributed by atoms with Crippen molar-refractivity contribution in [3.05, 3.63) is 59.4 Å². The number of para-hydroxylation sites is 1. The Labute approximate surface area is 133 Å². The van der Waals surface area contributed by atoms with E-state index >= 15 is 0 Å². The summed E-state index contributed by atoms with van der Waals surface area (Å²) in [5.74, 6) is 0. The monoisotopic (exact) mass is 299 g/mol. The highest BCUT2D eigenvalue weighted by atomic mass is 16.2. The Hall–Kier alpha value is -2.36. The molecular formula is C18H25N3O. The van der Waals surface area contributed by atoms with E-state index in [-0.39, 0.29) is 6.03 Å². The molecule has 22 heavy (non-hydrogen) atoms. The summed E-state index contributed by atoms with van der Waals surface area (Å²) in [6, 6.07) is 11.9. The first-order valence-corrected chi connectivity index (χ1v) is 7.55. The number of hydrogen-bond donors (Lipinski definition) is 1. The van der Waals surface area contributed by atoms with Crippen LogP contribution in [0.4, 0.5) is 10.5 Å². The molecule has 1 aliphatic heterocycles. The smallest absolute Gasteiger partial charge is 0.321 e. The Morgan fingerprint density at radius 2 is 1.77 bits per heavy atom. The van der Waals surface area contributed by atoms with Crippen molar-refractivity contribution in [1.29, 1.82) is 0 Å². The second-order valence-electron chi connectivity index (χ2n) is 4.92. The molecule has 0 fully saturated rings. The molecule has 3 rings (SSSR count). The number of carbonyl (C=O) groups excluding carboxylic acids is 1. The Kier molecular flexibility index (Phi) is 7.09. The second kappa shape index (κ2) is 8.82. The van der Waals surface area contributed by atoms with E-state index in [1.165, 1.54) is 11.1 Å². The van der Waals surface area contributed by atoms with Gasteiger partial charge < -0.3 is 10.2 Å². The molecule has 0 unspecified atom stereocenters. The van der Waals surface area contributed by atoms with E-state index in [1.54, 1.807) is 11.9 Å². The number of aryl methyl sites for hydroxylation is 2. The quantitative estimate of drug-likeness (QED) is 0.784. The Morgan fingerprint density at radius 1 is 1.09 bits per heavy atom. The van der Waals surface area contributed by atoms with E-state index in [2.05, 4.69) is 16.4 Å². The van der Waals surface area contributed by atoms with Gasteiger partial charge in [0.15, 0.2) is 0 Å². The maximum atomic E-state index is 11.2. The van der Waals surface area contributed by atoms with Crippen LogP contribution < -0.4 is 5.32 Å². The molecule has 0 radical (unpaired) electrons. The number of nitrogens with one attached hydrogen (secondary N) is 1. The Morgan fingerprint density at radius 3 is 2.36 bits per heavy atom. The zero-order valence-electron chi connectivity index (χ0n) is 14.1. The van der Waals surface area contributed by atoms with Crippen LogP contribution >= 0.6 is 0 Å². The SMILES string of the molecule is CC.CN1Cc2ccccc2NC1=O.Cc1ccc(C)nc1. The number of amides is 2. The lowest BCUT2D eigenvalue weighted by molar-refractivity contribution is 0.218. The lowest BCUT2D eigenvalue weighted by Crippen LogP contribution is -2.35. The van der Waals surface area contributed by atoms with Gasteiger partial charge in [0.2, 0.25) is 0 Å². The number of pyridine rings is 1. The summed E-state index contributed by atoms with van der Waals surface area (Å²) in [6.07, 6.45) is 1.87. The van der Waals surface area contributed by atoms with E-state index in [9.17, 15) is 4.79 Å². The molecule has 2 amide bonds. The predicted molar refractivity (Wildman–Crippen MR) is 92.0 cm³/mol. The molecule has 0 spiro atoms. The molecule has 1 aromatic heterocycles. The lowest BCUT2D eigenvalue weighted by Gasteiger charge is -2.25. The van der Waals surface area contributed by atoms with Gasteiger partial charge in [0.25, 0.3) is 0 Å². The fourth-order valence-corrected chi connectivity index (χ4v) is 1.86. The highest BCUT2D eigenvalue weighted by Gasteiger charge is 2.17. The van der Waals surface area contributed by atoms with Crippen LogP contribution in [0.2, 0.25) is 0 Å². The topological polar surface area (TPSA) is 45.2 Å². The minimum Gasteiger partial charge on any atom is -0.323 e. The van der Waals surface area contributed by atoms with Gasteiger partial charge in [-0.1, -0.05) is 38.1 Å². The number of hydrogen-bond acceptors (Lipinski definition) is 2. The summed E-state index contributed by atoms with van der Waals surface area (Å²) < 4.78 is 0. The van der Waals surface area contributed by atoms with Crippen LogP contribution in [0.25, 0.3) is 0 Å². The average Bonchev–Trinajstić information content (AvgIpc) is 2.54. The first kappa shape index (κ1) is 17.7. The molecule has 1 aromatic carbocycles. The third-order valence-electron chi connectivity index (χ3n) is 3.07. The number of benzene rings is 1. The van der Waals surface area contributed by atoms with Crippen molar-refractivity contribution < 1.29 is 4.79 Å². The molecule has 0 aliphatic carbocycles. The molecular weight excluding hydrogens is 274 g/mol. The highest BCUT2D eigenvalue weighted by molar-refractivity contribution is 5.92. The van der Waals surface area contributed by atoms with E-state index in [0.29, 0.717) is 6.54 Å². The largest absolute Gasteiger partial charge is 0.323 e. The molecule has 0 saturated carbocycles. The molecule has 118 valence electrons. The lowest BCUT2D eigenvalue weighted by atomic mass is 10.1. The first-order valence-electron chi connectivity index (χ1n) is 7.55. The summed E-state index contributed by atoms with van der Waals surface area (Å²) in [4.78, 5) is 16.9. The highest BCUT2D eigenvalue weighted by Crippen LogP contribution is 2.21. The number of aromatic nitrogens is 1. The van der Waals surface area contributed by atoms with Crippen LogP contribution in [-0.4, -0.2) is 23.0 Å². The van der Waals surface area contributed by atoms with Crippen LogP contribution in [0.1, 0.15) is 30.7 Å². The van der Waals surface area contributed by atoms with E-state index < -0.39 is 0 Å². The summed E-state index contributed by atoms with van der Waals surface area (Å²) >= 11 is 0. The maximum absolute atomic E-state index is 11.2. The molecule has 4 nitrogen and oxygen atoms in total. The molecule has 0 saturated heterocycles. The van der Waals surface area contributed by atoms with Crippen LogP contribution in [0.15, 0.2) is 42.6 Å². The average molecular weight is 299 g/mol. The normalized spacial score (nSPS) is 12.0. The van der Waals surface area contributed by atoms with Gasteiger partial charge in [0.1, 0.15) is 0 Å². The molecule has 4 heteroatoms. The second-order valence-corrected chi connectivity index (χ2v) is 4.92. The van der Waals surface area contributed by atoms with Crippen LogP contribution in [0.3, 0.4) is 0 Å². The molecule has 2 heterocycles. The summed E-state index contributed by atoms with van der Waals surface area (Å²) in [5.41, 5.74) is 4.39. The summed E-state index contributed by atoms with van der Waals surface area (Å²) in [5, 5.41) is 2.80. The van der Waals surface area contributed by atoms with Crippen LogP contribution in [-0.2, 0) is 6.54 Å². The van der Waals surface area contributed by atoms with E-state index in [0.717, 1.165) is 11.4 Å². The number of carbonyl (C=O) groups is 1. The summed E-state index contributed by atoms with van der Waals surface area (Å²) in [7, 11) is 1.78. The fourth-order valence-electron chi connectivity index (χ4n) is 1.86. The standard InChI is InChI=1S/C9H10N2O.C7H9N.C2H6/c1-11-6-7-4-2-3-5-8(7)10-9(11)12;1-6-3-4-7(2)8-5-6;1-2/h2-5H,6H2,1H3,(H,10,12);3-5H,1-2H3;1-2H3. The van der Waals surface area contributed by atoms with Gasteiger partial charge in [-0.3, -0.25) is 4.98 Å². The van der Waals surface area contributed by atoms with E-state index in [1.807, 2.05) is 64.2 Å². The zero-order valence-corrected chi connectivity index (χ0v) is 14.1. The van der Waals surface area contributed by atoms with Crippen molar-refractivity contribution in [2.45, 2.75) is 34.2 Å². The number of nitrogens with zero attached hydrogens (tertiary/aromatic N) is 2. The van der Waals surface area contributed by atoms with Crippen molar-refractivity contribution >= 4 is 11.7 Å². The third kappa shape index (κ3) is 5.20. The molecule has 0 bridgehead atoms. The predicted octanol–water partition coefficient (Wildman–Crippen LogP) is 4.39. The Bertz CT molecular complexity index is 573. The van der Waals surface area contributed by atoms with Gasteiger partial charge in [0, 0.05) is 31.2 Å². The minimum atomic E-state index is -0.0336. The summed E-state index contributed by atoms with van der Waals surface area (Å²) in [6.45, 7) is 8.72. The molecule has 1 aliphatic rings. The number of rotatable bonds is 0. The van der Waals surface area contributed by atoms with Gasteiger partial charge in [-0.25, -0.2) is 4.79 Å². The van der Waals surface area contributed by atoms with Crippen molar-refractivity contribution in [3.8, 4) is 0 Å². The maximum Gasteiger partial charge on any atom is 0.321 e. The van der Waals surface area contributed by atoms with Gasteiger partial charge in [-0.2, -0.15) is 0 Å². The van der Waals surface area contributed by atoms with Gasteiger partial charge in [0.05, 0.1) is 0 Å². The van der Waals surface area contributed by atoms with E-state index in [4.69, 9.17) is 0 Å². The number of fused-ring (bicyclic) bond motifs is 1. The fraction of sp³-hybridized carbons (Fsp3) is 0.333. The van der Waals surface area contributed by atoms with Gasteiger partial charge in [-0.15, -0.1) is 0 Å². The number of anilines is 1. The van der Waals surface area contributed by atoms with Crippen molar-refractivity contribution in [1.82, 2.24) is 9.88 Å². The molecule has 0 atom stereocenters. The third-order valence-corrected chi connectivity index (χ3v) is 3.07. The number of urea groups is 1. The molecule has 1 N–H and O–H groups in total. The molecule has 2 aromatic rings. The minimum absolute atomic E-state index is 0.0336. The first-order chi connectivity index (χ1) is 10.6. The zero-order chi connectivity index (χ0) is 16.5. The van der Waals surface area contributed by atoms with Crippen LogP contribution in [0.5, 0.6) is 0 Å². The van der Waals surface area contributed by atoms with Gasteiger partial charge in [-0.05, 0) is 37.1 Å². The van der Waals surface area contributed by atoms with Crippen molar-refractivity contribution in [2.75, 3.05) is 12.4 Å². The van der Waals surface area contributed by atoms with Crippen molar-refractivity contribution in [2.24, 2.45) is 0 Å². The van der Waals surface area contributed by atoms with Crippen LogP contribution in [0, 0.1) is 13.8 Å². The Balaban J connectivity index is 0.000000211. The van der Waals surface area contributed by atoms with Crippen molar-refractivity contribution in [3.63, 3.8) is 0 Å². The van der Waals surface area contributed by atoms with Gasteiger partial charge >= 0.3 is 6.03 Å².